The highest BCUT2D eigenvalue weighted by atomic mass is 16.2. The molecule has 1 unspecified atom stereocenters. The standard InChI is InChI=1S/C12H24N4O2/c1-3-6-11(18)16-9(10(17)4-2)7-5-8-15-12(13)14/h9H,3-8H2,1-2H3,(H,16,18)(H4,13,14,15). The van der Waals surface area contributed by atoms with Crippen LogP contribution in [0.15, 0.2) is 4.99 Å². The number of amides is 1. The Hall–Kier alpha value is -1.59. The number of ketones is 1. The summed E-state index contributed by atoms with van der Waals surface area (Å²) in [6, 6.07) is -0.414. The van der Waals surface area contributed by atoms with Crippen LogP contribution in [0.1, 0.15) is 46.0 Å². The van der Waals surface area contributed by atoms with E-state index in [1.54, 1.807) is 6.92 Å². The Balaban J connectivity index is 4.19. The SMILES string of the molecule is CCCC(=O)NC(CCCN=C(N)N)C(=O)CC. The van der Waals surface area contributed by atoms with Crippen molar-refractivity contribution in [3.63, 3.8) is 0 Å². The van der Waals surface area contributed by atoms with Crippen molar-refractivity contribution in [3.05, 3.63) is 0 Å². The third-order valence-electron chi connectivity index (χ3n) is 2.49. The molecule has 0 rings (SSSR count). The monoisotopic (exact) mass is 256 g/mol. The van der Waals surface area contributed by atoms with E-state index in [4.69, 9.17) is 11.5 Å². The molecule has 104 valence electrons. The molecule has 5 N–H and O–H groups in total. The second kappa shape index (κ2) is 9.44. The molecule has 0 aliphatic rings. The van der Waals surface area contributed by atoms with E-state index in [1.165, 1.54) is 0 Å². The van der Waals surface area contributed by atoms with Crippen LogP contribution in [0.5, 0.6) is 0 Å². The number of nitrogens with one attached hydrogen (secondary N) is 1. The molecule has 6 heteroatoms. The summed E-state index contributed by atoms with van der Waals surface area (Å²) in [6.07, 6.45) is 2.87. The number of carbonyl (C=O) groups excluding carboxylic acids is 2. The fraction of sp³-hybridized carbons (Fsp3) is 0.750. The van der Waals surface area contributed by atoms with Crippen molar-refractivity contribution >= 4 is 17.6 Å². The number of rotatable bonds is 9. The van der Waals surface area contributed by atoms with E-state index < -0.39 is 6.04 Å². The van der Waals surface area contributed by atoms with Crippen LogP contribution in [-0.4, -0.2) is 30.2 Å². The normalized spacial score (nSPS) is 11.7. The van der Waals surface area contributed by atoms with E-state index in [2.05, 4.69) is 10.3 Å². The highest BCUT2D eigenvalue weighted by molar-refractivity contribution is 5.88. The second-order valence-corrected chi connectivity index (χ2v) is 4.14. The van der Waals surface area contributed by atoms with E-state index in [9.17, 15) is 9.59 Å². The van der Waals surface area contributed by atoms with Crippen LogP contribution in [0.25, 0.3) is 0 Å². The van der Waals surface area contributed by atoms with Gasteiger partial charge in [0.1, 0.15) is 0 Å². The lowest BCUT2D eigenvalue weighted by Crippen LogP contribution is -2.40. The predicted molar refractivity (Wildman–Crippen MR) is 72.0 cm³/mol. The predicted octanol–water partition coefficient (Wildman–Crippen LogP) is 0.304. The maximum atomic E-state index is 11.7. The van der Waals surface area contributed by atoms with Crippen LogP contribution >= 0.6 is 0 Å². The molecule has 6 nitrogen and oxygen atoms in total. The molecule has 1 atom stereocenters. The molecule has 0 saturated heterocycles. The lowest BCUT2D eigenvalue weighted by Gasteiger charge is -2.16. The molecule has 0 aromatic carbocycles. The first-order valence-corrected chi connectivity index (χ1v) is 6.38. The Morgan fingerprint density at radius 1 is 1.28 bits per heavy atom. The van der Waals surface area contributed by atoms with Crippen LogP contribution in [0.3, 0.4) is 0 Å². The zero-order valence-corrected chi connectivity index (χ0v) is 11.2. The topological polar surface area (TPSA) is 111 Å². The summed E-state index contributed by atoms with van der Waals surface area (Å²) < 4.78 is 0. The van der Waals surface area contributed by atoms with Crippen molar-refractivity contribution < 1.29 is 9.59 Å². The Kier molecular flexibility index (Phi) is 8.61. The average molecular weight is 256 g/mol. The molecule has 0 radical (unpaired) electrons. The van der Waals surface area contributed by atoms with Crippen molar-refractivity contribution in [2.45, 2.75) is 52.0 Å². The number of carbonyl (C=O) groups is 2. The van der Waals surface area contributed by atoms with E-state index in [-0.39, 0.29) is 17.6 Å². The highest BCUT2D eigenvalue weighted by Gasteiger charge is 2.17. The summed E-state index contributed by atoms with van der Waals surface area (Å²) in [4.78, 5) is 27.0. The first-order valence-electron chi connectivity index (χ1n) is 6.38. The van der Waals surface area contributed by atoms with Gasteiger partial charge in [0, 0.05) is 19.4 Å². The number of nitrogens with zero attached hydrogens (tertiary/aromatic N) is 1. The van der Waals surface area contributed by atoms with Gasteiger partial charge in [-0.05, 0) is 19.3 Å². The minimum absolute atomic E-state index is 0.0448. The zero-order chi connectivity index (χ0) is 14.0. The summed E-state index contributed by atoms with van der Waals surface area (Å²) in [6.45, 7) is 4.19. The highest BCUT2D eigenvalue weighted by Crippen LogP contribution is 2.03. The molecular weight excluding hydrogens is 232 g/mol. The summed E-state index contributed by atoms with van der Waals surface area (Å²) in [5.41, 5.74) is 10.4. The Morgan fingerprint density at radius 3 is 2.44 bits per heavy atom. The molecular formula is C12H24N4O2. The molecule has 0 aromatic heterocycles. The summed E-state index contributed by atoms with van der Waals surface area (Å²) in [7, 11) is 0. The maximum absolute atomic E-state index is 11.7. The molecule has 0 fully saturated rings. The molecule has 0 aliphatic heterocycles. The Bertz CT molecular complexity index is 298. The molecule has 0 heterocycles. The molecule has 18 heavy (non-hydrogen) atoms. The van der Waals surface area contributed by atoms with E-state index in [1.807, 2.05) is 6.92 Å². The van der Waals surface area contributed by atoms with Crippen molar-refractivity contribution in [2.24, 2.45) is 16.5 Å². The van der Waals surface area contributed by atoms with Crippen LogP contribution in [0.4, 0.5) is 0 Å². The number of hydrogen-bond donors (Lipinski definition) is 3. The van der Waals surface area contributed by atoms with Gasteiger partial charge in [0.2, 0.25) is 5.91 Å². The molecule has 0 saturated carbocycles. The van der Waals surface area contributed by atoms with Crippen LogP contribution in [0.2, 0.25) is 0 Å². The summed E-state index contributed by atoms with van der Waals surface area (Å²) in [5.74, 6) is 0.0127. The Morgan fingerprint density at radius 2 is 1.94 bits per heavy atom. The minimum atomic E-state index is -0.414. The largest absolute Gasteiger partial charge is 0.370 e. The minimum Gasteiger partial charge on any atom is -0.370 e. The number of nitrogens with two attached hydrogens (primary N) is 2. The smallest absolute Gasteiger partial charge is 0.220 e. The lowest BCUT2D eigenvalue weighted by atomic mass is 10.0. The third kappa shape index (κ3) is 7.65. The van der Waals surface area contributed by atoms with Crippen LogP contribution in [-0.2, 0) is 9.59 Å². The first-order chi connectivity index (χ1) is 8.51. The number of aliphatic imine (C=N–C) groups is 1. The molecule has 0 bridgehead atoms. The van der Waals surface area contributed by atoms with Crippen molar-refractivity contribution in [1.82, 2.24) is 5.32 Å². The van der Waals surface area contributed by atoms with Crippen molar-refractivity contribution in [1.29, 1.82) is 0 Å². The average Bonchev–Trinajstić information content (AvgIpc) is 2.32. The van der Waals surface area contributed by atoms with Crippen LogP contribution in [0, 0.1) is 0 Å². The quantitative estimate of drug-likeness (QED) is 0.313. The second-order valence-electron chi connectivity index (χ2n) is 4.14. The fourth-order valence-corrected chi connectivity index (χ4v) is 1.56. The third-order valence-corrected chi connectivity index (χ3v) is 2.49. The Labute approximate surface area is 108 Å². The van der Waals surface area contributed by atoms with Crippen molar-refractivity contribution in [3.8, 4) is 0 Å². The van der Waals surface area contributed by atoms with Gasteiger partial charge in [0.25, 0.3) is 0 Å². The molecule has 0 spiro atoms. The van der Waals surface area contributed by atoms with Gasteiger partial charge in [-0.25, -0.2) is 0 Å². The summed E-state index contributed by atoms with van der Waals surface area (Å²) >= 11 is 0. The van der Waals surface area contributed by atoms with E-state index in [0.717, 1.165) is 6.42 Å². The molecule has 0 aromatic rings. The van der Waals surface area contributed by atoms with Gasteiger partial charge in [-0.2, -0.15) is 0 Å². The van der Waals surface area contributed by atoms with Gasteiger partial charge in [0.15, 0.2) is 11.7 Å². The zero-order valence-electron chi connectivity index (χ0n) is 11.2. The van der Waals surface area contributed by atoms with Gasteiger partial charge in [-0.3, -0.25) is 14.6 Å². The first kappa shape index (κ1) is 16.4. The van der Waals surface area contributed by atoms with Gasteiger partial charge in [0.05, 0.1) is 6.04 Å². The maximum Gasteiger partial charge on any atom is 0.220 e. The van der Waals surface area contributed by atoms with Gasteiger partial charge in [-0.1, -0.05) is 13.8 Å². The number of Topliss-reactive ketones (excluding diaryl/α,β-unsaturated/α-hetero) is 1. The lowest BCUT2D eigenvalue weighted by molar-refractivity contribution is -0.127. The van der Waals surface area contributed by atoms with Gasteiger partial charge >= 0.3 is 0 Å². The molecule has 1 amide bonds. The number of guanidine groups is 1. The van der Waals surface area contributed by atoms with Crippen molar-refractivity contribution in [2.75, 3.05) is 6.54 Å². The fourth-order valence-electron chi connectivity index (χ4n) is 1.56. The molecule has 0 aliphatic carbocycles. The number of hydrogen-bond acceptors (Lipinski definition) is 3. The summed E-state index contributed by atoms with van der Waals surface area (Å²) in [5, 5.41) is 2.76. The van der Waals surface area contributed by atoms with Gasteiger partial charge < -0.3 is 16.8 Å². The van der Waals surface area contributed by atoms with E-state index >= 15 is 0 Å². The van der Waals surface area contributed by atoms with Crippen LogP contribution < -0.4 is 16.8 Å². The van der Waals surface area contributed by atoms with E-state index in [0.29, 0.717) is 32.2 Å². The van der Waals surface area contributed by atoms with Gasteiger partial charge in [-0.15, -0.1) is 0 Å².